The van der Waals surface area contributed by atoms with Crippen molar-refractivity contribution in [3.05, 3.63) is 60.4 Å². The average molecular weight is 464 g/mol. The van der Waals surface area contributed by atoms with Gasteiger partial charge in [0, 0.05) is 24.0 Å². The molecule has 1 atom stereocenters. The molecular weight excluding hydrogens is 442 g/mol. The Hall–Kier alpha value is -3.73. The Balaban J connectivity index is 1.27. The van der Waals surface area contributed by atoms with E-state index in [0.29, 0.717) is 16.8 Å². The molecule has 0 bridgehead atoms. The maximum Gasteiger partial charge on any atom is 0.344 e. The number of carbonyl (C=O) groups is 3. The van der Waals surface area contributed by atoms with Crippen LogP contribution in [0.2, 0.25) is 0 Å². The highest BCUT2D eigenvalue weighted by molar-refractivity contribution is 7.99. The van der Waals surface area contributed by atoms with E-state index in [2.05, 4.69) is 25.9 Å². The molecule has 1 aliphatic heterocycles. The Bertz CT molecular complexity index is 1210. The van der Waals surface area contributed by atoms with Crippen LogP contribution in [0.15, 0.2) is 60.0 Å². The Labute approximate surface area is 193 Å². The van der Waals surface area contributed by atoms with Crippen LogP contribution in [0.5, 0.6) is 0 Å². The Morgan fingerprint density at radius 3 is 2.58 bits per heavy atom. The van der Waals surface area contributed by atoms with E-state index >= 15 is 0 Å². The van der Waals surface area contributed by atoms with E-state index in [9.17, 15) is 14.4 Å². The second-order valence-corrected chi connectivity index (χ2v) is 8.97. The molecule has 11 heteroatoms. The van der Waals surface area contributed by atoms with Gasteiger partial charge in [0.15, 0.2) is 11.0 Å². The molecule has 1 saturated carbocycles. The number of rotatable bonds is 7. The number of benzene rings is 1. The molecule has 1 aliphatic carbocycles. The third-order valence-electron chi connectivity index (χ3n) is 5.63. The lowest BCUT2D eigenvalue weighted by Gasteiger charge is -2.22. The minimum absolute atomic E-state index is 0.0275. The van der Waals surface area contributed by atoms with E-state index in [4.69, 9.17) is 0 Å². The number of pyridine rings is 1. The third kappa shape index (κ3) is 3.95. The highest BCUT2D eigenvalue weighted by Gasteiger charge is 2.50. The fourth-order valence-electron chi connectivity index (χ4n) is 3.73. The number of hydrazine groups is 1. The zero-order chi connectivity index (χ0) is 23.0. The summed E-state index contributed by atoms with van der Waals surface area (Å²) in [6.07, 6.45) is 5.44. The van der Waals surface area contributed by atoms with Crippen LogP contribution in [0.4, 0.5) is 4.79 Å². The first-order valence-corrected chi connectivity index (χ1v) is 11.5. The minimum atomic E-state index is -1.25. The minimum Gasteiger partial charge on any atom is -0.318 e. The SMILES string of the molecule is C[C@]1(c2ccccc2)NC(=O)N(NC(=O)CSc2nnc(-c3ccncc3)n2C2CC2)C1=O. The number of thioether (sulfide) groups is 1. The number of nitrogens with one attached hydrogen (secondary N) is 2. The summed E-state index contributed by atoms with van der Waals surface area (Å²) in [4.78, 5) is 42.0. The van der Waals surface area contributed by atoms with Crippen LogP contribution in [0, 0.1) is 0 Å². The van der Waals surface area contributed by atoms with Crippen LogP contribution in [0.3, 0.4) is 0 Å². The van der Waals surface area contributed by atoms with Crippen LogP contribution < -0.4 is 10.7 Å². The van der Waals surface area contributed by atoms with Crippen molar-refractivity contribution in [1.29, 1.82) is 0 Å². The van der Waals surface area contributed by atoms with Crippen molar-refractivity contribution >= 4 is 29.6 Å². The topological polar surface area (TPSA) is 122 Å². The number of imide groups is 1. The van der Waals surface area contributed by atoms with Gasteiger partial charge in [0.05, 0.1) is 5.75 Å². The summed E-state index contributed by atoms with van der Waals surface area (Å²) >= 11 is 1.21. The number of hydrogen-bond donors (Lipinski definition) is 2. The third-order valence-corrected chi connectivity index (χ3v) is 6.57. The number of carbonyl (C=O) groups excluding carboxylic acids is 3. The first kappa shape index (κ1) is 21.1. The van der Waals surface area contributed by atoms with Crippen LogP contribution in [-0.4, -0.2) is 48.4 Å². The van der Waals surface area contributed by atoms with Crippen molar-refractivity contribution in [1.82, 2.24) is 35.5 Å². The van der Waals surface area contributed by atoms with Gasteiger partial charge in [0.25, 0.3) is 5.91 Å². The Morgan fingerprint density at radius 1 is 1.15 bits per heavy atom. The van der Waals surface area contributed by atoms with Gasteiger partial charge in [-0.15, -0.1) is 10.2 Å². The summed E-state index contributed by atoms with van der Waals surface area (Å²) in [6, 6.07) is 12.3. The molecule has 2 N–H and O–H groups in total. The molecule has 1 aromatic carbocycles. The summed E-state index contributed by atoms with van der Waals surface area (Å²) in [6.45, 7) is 1.61. The molecule has 4 amide bonds. The molecule has 33 heavy (non-hydrogen) atoms. The normalized spacial score (nSPS) is 20.1. The zero-order valence-corrected chi connectivity index (χ0v) is 18.6. The van der Waals surface area contributed by atoms with Gasteiger partial charge < -0.3 is 5.32 Å². The average Bonchev–Trinajstić information content (AvgIpc) is 3.55. The predicted molar refractivity (Wildman–Crippen MR) is 120 cm³/mol. The Morgan fingerprint density at radius 2 is 1.88 bits per heavy atom. The van der Waals surface area contributed by atoms with Crippen LogP contribution in [0.1, 0.15) is 31.4 Å². The fraction of sp³-hybridized carbons (Fsp3) is 0.273. The van der Waals surface area contributed by atoms with E-state index in [1.807, 2.05) is 22.8 Å². The van der Waals surface area contributed by atoms with Gasteiger partial charge >= 0.3 is 6.03 Å². The number of urea groups is 1. The maximum atomic E-state index is 12.9. The fourth-order valence-corrected chi connectivity index (χ4v) is 4.53. The van der Waals surface area contributed by atoms with Gasteiger partial charge in [-0.2, -0.15) is 5.01 Å². The van der Waals surface area contributed by atoms with Crippen molar-refractivity contribution in [2.75, 3.05) is 5.75 Å². The summed E-state index contributed by atoms with van der Waals surface area (Å²) in [5.74, 6) is -0.328. The molecule has 10 nitrogen and oxygen atoms in total. The maximum absolute atomic E-state index is 12.9. The predicted octanol–water partition coefficient (Wildman–Crippen LogP) is 2.27. The Kier molecular flexibility index (Phi) is 5.33. The van der Waals surface area contributed by atoms with Crippen LogP contribution in [-0.2, 0) is 15.1 Å². The summed E-state index contributed by atoms with van der Waals surface area (Å²) in [5, 5.41) is 12.6. The zero-order valence-electron chi connectivity index (χ0n) is 17.8. The lowest BCUT2D eigenvalue weighted by molar-refractivity contribution is -0.138. The molecule has 168 valence electrons. The van der Waals surface area contributed by atoms with Crippen molar-refractivity contribution in [2.24, 2.45) is 0 Å². The molecule has 2 aromatic heterocycles. The van der Waals surface area contributed by atoms with Crippen LogP contribution in [0.25, 0.3) is 11.4 Å². The molecule has 3 aromatic rings. The van der Waals surface area contributed by atoms with Gasteiger partial charge in [-0.05, 0) is 37.5 Å². The summed E-state index contributed by atoms with van der Waals surface area (Å²) in [7, 11) is 0. The second-order valence-electron chi connectivity index (χ2n) is 8.03. The van der Waals surface area contributed by atoms with Gasteiger partial charge in [-0.1, -0.05) is 42.1 Å². The second kappa shape index (κ2) is 8.32. The lowest BCUT2D eigenvalue weighted by Crippen LogP contribution is -2.48. The molecule has 2 fully saturated rings. The number of nitrogens with zero attached hydrogens (tertiary/aromatic N) is 5. The molecule has 0 spiro atoms. The highest BCUT2D eigenvalue weighted by atomic mass is 32.2. The number of amides is 4. The standard InChI is InChI=1S/C22H21N7O3S/c1-22(15-5-3-2-4-6-15)19(31)29(20(32)24-22)27-17(30)13-33-21-26-25-18(28(21)16-7-8-16)14-9-11-23-12-10-14/h2-6,9-12,16H,7-8,13H2,1H3,(H,24,32)(H,27,30)/t22-/m1/s1. The molecule has 1 saturated heterocycles. The van der Waals surface area contributed by atoms with E-state index in [0.717, 1.165) is 29.2 Å². The van der Waals surface area contributed by atoms with Crippen molar-refractivity contribution in [3.8, 4) is 11.4 Å². The van der Waals surface area contributed by atoms with Gasteiger partial charge in [0.1, 0.15) is 5.54 Å². The molecular formula is C22H21N7O3S. The van der Waals surface area contributed by atoms with Gasteiger partial charge in [0.2, 0.25) is 5.91 Å². The lowest BCUT2D eigenvalue weighted by atomic mass is 9.92. The van der Waals surface area contributed by atoms with Crippen molar-refractivity contribution in [2.45, 2.75) is 36.5 Å². The van der Waals surface area contributed by atoms with E-state index in [1.165, 1.54) is 11.8 Å². The van der Waals surface area contributed by atoms with Gasteiger partial charge in [-0.25, -0.2) is 4.79 Å². The first-order chi connectivity index (χ1) is 16.0. The van der Waals surface area contributed by atoms with E-state index in [1.54, 1.807) is 43.6 Å². The van der Waals surface area contributed by atoms with Crippen LogP contribution >= 0.6 is 11.8 Å². The smallest absolute Gasteiger partial charge is 0.318 e. The van der Waals surface area contributed by atoms with Gasteiger partial charge in [-0.3, -0.25) is 24.6 Å². The number of aromatic nitrogens is 4. The number of hydrogen-bond acceptors (Lipinski definition) is 7. The first-order valence-electron chi connectivity index (χ1n) is 10.5. The summed E-state index contributed by atoms with van der Waals surface area (Å²) < 4.78 is 2.04. The molecule has 5 rings (SSSR count). The van der Waals surface area contributed by atoms with Crippen molar-refractivity contribution < 1.29 is 14.4 Å². The summed E-state index contributed by atoms with van der Waals surface area (Å²) in [5.41, 5.74) is 2.71. The van der Waals surface area contributed by atoms with E-state index in [-0.39, 0.29) is 5.75 Å². The monoisotopic (exact) mass is 463 g/mol. The quantitative estimate of drug-likeness (QED) is 0.407. The molecule has 0 unspecified atom stereocenters. The van der Waals surface area contributed by atoms with E-state index < -0.39 is 23.4 Å². The molecule has 0 radical (unpaired) electrons. The molecule has 2 aliphatic rings. The molecule has 3 heterocycles. The van der Waals surface area contributed by atoms with Crippen molar-refractivity contribution in [3.63, 3.8) is 0 Å². The highest BCUT2D eigenvalue weighted by Crippen LogP contribution is 2.41. The largest absolute Gasteiger partial charge is 0.344 e.